The third kappa shape index (κ3) is 2.54. The molecular formula is C7H3Br2LiNO. The monoisotopic (exact) mass is 282 g/mol. The second kappa shape index (κ2) is 4.94. The van der Waals surface area contributed by atoms with Crippen LogP contribution in [0.5, 0.6) is 5.75 Å². The fourth-order valence-corrected chi connectivity index (χ4v) is 1.82. The number of phenolic OH excluding ortho intramolecular Hbond substituents is 1. The van der Waals surface area contributed by atoms with E-state index in [9.17, 15) is 5.11 Å². The fraction of sp³-hybridized carbons (Fsp3) is 0. The van der Waals surface area contributed by atoms with Gasteiger partial charge in [-0.1, -0.05) is 0 Å². The van der Waals surface area contributed by atoms with Crippen molar-refractivity contribution in [1.82, 2.24) is 0 Å². The fourth-order valence-electron chi connectivity index (χ4n) is 0.630. The van der Waals surface area contributed by atoms with Gasteiger partial charge in [0, 0.05) is 18.9 Å². The minimum absolute atomic E-state index is 0. The molecule has 0 saturated carbocycles. The van der Waals surface area contributed by atoms with Crippen molar-refractivity contribution in [3.63, 3.8) is 0 Å². The van der Waals surface area contributed by atoms with Crippen LogP contribution in [0.4, 0.5) is 0 Å². The average molecular weight is 284 g/mol. The summed E-state index contributed by atoms with van der Waals surface area (Å²) in [6.45, 7) is 0. The quantitative estimate of drug-likeness (QED) is 0.743. The van der Waals surface area contributed by atoms with E-state index in [-0.39, 0.29) is 24.6 Å². The number of nitrogens with zero attached hydrogens (tertiary/aromatic N) is 1. The molecule has 0 bridgehead atoms. The van der Waals surface area contributed by atoms with Crippen LogP contribution >= 0.6 is 31.9 Å². The summed E-state index contributed by atoms with van der Waals surface area (Å²) in [5, 5.41) is 17.7. The molecule has 0 spiro atoms. The Kier molecular flexibility index (Phi) is 4.97. The van der Waals surface area contributed by atoms with Gasteiger partial charge in [0.25, 0.3) is 0 Å². The molecule has 57 valence electrons. The molecule has 5 heteroatoms. The number of aromatic hydroxyl groups is 1. The molecule has 0 aliphatic heterocycles. The smallest absolute Gasteiger partial charge is 0.144 e. The minimum Gasteiger partial charge on any atom is -0.506 e. The Hall–Kier alpha value is 0.0674. The number of benzene rings is 1. The van der Waals surface area contributed by atoms with E-state index >= 15 is 0 Å². The van der Waals surface area contributed by atoms with Crippen LogP contribution < -0.4 is 0 Å². The molecule has 1 aromatic rings. The molecule has 0 atom stereocenters. The molecule has 0 aliphatic rings. The molecule has 1 N–H and O–H groups in total. The predicted octanol–water partition coefficient (Wildman–Crippen LogP) is 2.41. The Morgan fingerprint density at radius 1 is 1.25 bits per heavy atom. The van der Waals surface area contributed by atoms with Gasteiger partial charge in [-0.25, -0.2) is 0 Å². The predicted molar refractivity (Wildman–Crippen MR) is 54.0 cm³/mol. The SMILES string of the molecule is N#Cc1cc(Br)c(O)c(Br)c1.[Li]. The summed E-state index contributed by atoms with van der Waals surface area (Å²) < 4.78 is 1.03. The zero-order valence-corrected chi connectivity index (χ0v) is 9.48. The second-order valence-corrected chi connectivity index (χ2v) is 3.61. The Morgan fingerprint density at radius 3 is 2.00 bits per heavy atom. The van der Waals surface area contributed by atoms with Gasteiger partial charge in [-0.15, -0.1) is 0 Å². The van der Waals surface area contributed by atoms with Crippen LogP contribution in [0, 0.1) is 11.3 Å². The van der Waals surface area contributed by atoms with E-state index in [1.54, 1.807) is 12.1 Å². The number of halogens is 2. The van der Waals surface area contributed by atoms with Gasteiger partial charge in [0.2, 0.25) is 0 Å². The topological polar surface area (TPSA) is 44.0 Å². The van der Waals surface area contributed by atoms with Gasteiger partial charge >= 0.3 is 0 Å². The summed E-state index contributed by atoms with van der Waals surface area (Å²) in [6, 6.07) is 5.08. The summed E-state index contributed by atoms with van der Waals surface area (Å²) in [5.41, 5.74) is 0.501. The summed E-state index contributed by atoms with van der Waals surface area (Å²) in [5.74, 6) is 0.115. The first kappa shape index (κ1) is 12.1. The van der Waals surface area contributed by atoms with Gasteiger partial charge in [-0.3, -0.25) is 0 Å². The zero-order chi connectivity index (χ0) is 8.43. The van der Waals surface area contributed by atoms with E-state index in [0.717, 1.165) is 0 Å². The van der Waals surface area contributed by atoms with Gasteiger partial charge in [-0.2, -0.15) is 5.26 Å². The van der Waals surface area contributed by atoms with Gasteiger partial charge < -0.3 is 5.11 Å². The van der Waals surface area contributed by atoms with Crippen LogP contribution in [0.15, 0.2) is 21.1 Å². The number of hydrogen-bond donors (Lipinski definition) is 1. The third-order valence-corrected chi connectivity index (χ3v) is 2.35. The molecule has 0 amide bonds. The Labute approximate surface area is 99.0 Å². The summed E-state index contributed by atoms with van der Waals surface area (Å²) >= 11 is 6.21. The maximum absolute atomic E-state index is 9.22. The van der Waals surface area contributed by atoms with Gasteiger partial charge in [0.05, 0.1) is 20.6 Å². The molecule has 1 rings (SSSR count). The van der Waals surface area contributed by atoms with E-state index in [1.807, 2.05) is 6.07 Å². The van der Waals surface area contributed by atoms with E-state index in [1.165, 1.54) is 0 Å². The first-order valence-electron chi connectivity index (χ1n) is 2.73. The van der Waals surface area contributed by atoms with E-state index in [4.69, 9.17) is 5.26 Å². The molecule has 2 nitrogen and oxygen atoms in total. The van der Waals surface area contributed by atoms with Crippen LogP contribution in [0.1, 0.15) is 5.56 Å². The second-order valence-electron chi connectivity index (χ2n) is 1.90. The van der Waals surface area contributed by atoms with Crippen molar-refractivity contribution < 1.29 is 5.11 Å². The van der Waals surface area contributed by atoms with Crippen LogP contribution in [0.25, 0.3) is 0 Å². The maximum atomic E-state index is 9.22. The van der Waals surface area contributed by atoms with Crippen LogP contribution in [0.3, 0.4) is 0 Å². The van der Waals surface area contributed by atoms with E-state index < -0.39 is 0 Å². The van der Waals surface area contributed by atoms with Crippen molar-refractivity contribution in [2.24, 2.45) is 0 Å². The molecule has 12 heavy (non-hydrogen) atoms. The van der Waals surface area contributed by atoms with Crippen LogP contribution in [-0.2, 0) is 0 Å². The number of phenols is 1. The summed E-state index contributed by atoms with van der Waals surface area (Å²) in [4.78, 5) is 0. The third-order valence-electron chi connectivity index (χ3n) is 1.15. The van der Waals surface area contributed by atoms with Crippen molar-refractivity contribution in [3.05, 3.63) is 26.6 Å². The van der Waals surface area contributed by atoms with E-state index in [2.05, 4.69) is 31.9 Å². The molecule has 1 radical (unpaired) electrons. The Bertz CT molecular complexity index is 312. The average Bonchev–Trinajstić information content (AvgIpc) is 1.99. The zero-order valence-electron chi connectivity index (χ0n) is 6.31. The molecule has 0 aliphatic carbocycles. The first-order chi connectivity index (χ1) is 5.15. The first-order valence-corrected chi connectivity index (χ1v) is 4.32. The maximum Gasteiger partial charge on any atom is 0.144 e. The van der Waals surface area contributed by atoms with Crippen molar-refractivity contribution in [1.29, 1.82) is 5.26 Å². The van der Waals surface area contributed by atoms with Crippen molar-refractivity contribution >= 4 is 50.7 Å². The minimum atomic E-state index is 0. The Balaban J connectivity index is 0.00000121. The van der Waals surface area contributed by atoms with Crippen molar-refractivity contribution in [2.45, 2.75) is 0 Å². The molecule has 0 aromatic heterocycles. The molecule has 0 saturated heterocycles. The number of nitriles is 1. The molecule has 0 unspecified atom stereocenters. The van der Waals surface area contributed by atoms with Crippen molar-refractivity contribution in [2.75, 3.05) is 0 Å². The van der Waals surface area contributed by atoms with Gasteiger partial charge in [-0.05, 0) is 44.0 Å². The summed E-state index contributed by atoms with van der Waals surface area (Å²) in [7, 11) is 0. The largest absolute Gasteiger partial charge is 0.506 e. The van der Waals surface area contributed by atoms with Crippen molar-refractivity contribution in [3.8, 4) is 11.8 Å². The normalized spacial score (nSPS) is 8.42. The number of rotatable bonds is 0. The standard InChI is InChI=1S/C7H3Br2NO.Li/c8-5-1-4(3-10)2-6(9)7(5)11;/h1-2,11H;. The number of hydrogen-bond acceptors (Lipinski definition) is 2. The molecule has 0 fully saturated rings. The van der Waals surface area contributed by atoms with Crippen LogP contribution in [-0.4, -0.2) is 24.0 Å². The van der Waals surface area contributed by atoms with Gasteiger partial charge in [0.15, 0.2) is 0 Å². The summed E-state index contributed by atoms with van der Waals surface area (Å²) in [6.07, 6.45) is 0. The van der Waals surface area contributed by atoms with E-state index in [0.29, 0.717) is 14.5 Å². The molecule has 0 heterocycles. The molecule has 1 aromatic carbocycles. The van der Waals surface area contributed by atoms with Gasteiger partial charge in [0.1, 0.15) is 5.75 Å². The molecular weight excluding hydrogens is 281 g/mol. The Morgan fingerprint density at radius 2 is 1.67 bits per heavy atom. The van der Waals surface area contributed by atoms with Crippen LogP contribution in [0.2, 0.25) is 0 Å².